The van der Waals surface area contributed by atoms with Crippen LogP contribution in [0.15, 0.2) is 30.3 Å². The van der Waals surface area contributed by atoms with Crippen LogP contribution in [-0.4, -0.2) is 21.1 Å². The predicted molar refractivity (Wildman–Crippen MR) is 70.2 cm³/mol. The van der Waals surface area contributed by atoms with Crippen LogP contribution in [0.2, 0.25) is 0 Å². The standard InChI is InChI=1S/C10H8N4OS2/c11-9(16)12-10-14-13-8(17-10)7(15)6-4-2-1-3-5-6/h1-5H,(H3,11,12,14,16). The number of hydrogen-bond donors (Lipinski definition) is 2. The molecule has 0 aliphatic carbocycles. The molecule has 2 aromatic rings. The van der Waals surface area contributed by atoms with Crippen LogP contribution < -0.4 is 11.1 Å². The normalized spacial score (nSPS) is 9.88. The maximum Gasteiger partial charge on any atom is 0.223 e. The van der Waals surface area contributed by atoms with Crippen molar-refractivity contribution in [3.8, 4) is 0 Å². The number of nitrogens with two attached hydrogens (primary N) is 1. The molecule has 1 aromatic heterocycles. The highest BCUT2D eigenvalue weighted by Gasteiger charge is 2.14. The molecular formula is C10H8N4OS2. The number of rotatable bonds is 3. The second-order valence-electron chi connectivity index (χ2n) is 3.10. The number of nitrogens with one attached hydrogen (secondary N) is 1. The summed E-state index contributed by atoms with van der Waals surface area (Å²) in [6.07, 6.45) is 0. The Labute approximate surface area is 107 Å². The molecule has 0 radical (unpaired) electrons. The lowest BCUT2D eigenvalue weighted by Crippen LogP contribution is -2.18. The zero-order valence-electron chi connectivity index (χ0n) is 8.58. The molecule has 0 amide bonds. The van der Waals surface area contributed by atoms with E-state index in [9.17, 15) is 4.79 Å². The summed E-state index contributed by atoms with van der Waals surface area (Å²) in [5.74, 6) is -0.168. The molecule has 0 saturated heterocycles. The Morgan fingerprint density at radius 2 is 2.00 bits per heavy atom. The molecule has 7 heteroatoms. The number of nitrogens with zero attached hydrogens (tertiary/aromatic N) is 2. The van der Waals surface area contributed by atoms with Crippen LogP contribution >= 0.6 is 23.6 Å². The van der Waals surface area contributed by atoms with Crippen LogP contribution in [0.5, 0.6) is 0 Å². The molecule has 0 spiro atoms. The van der Waals surface area contributed by atoms with Crippen LogP contribution in [0.3, 0.4) is 0 Å². The third kappa shape index (κ3) is 2.83. The van der Waals surface area contributed by atoms with Crippen molar-refractivity contribution in [2.75, 3.05) is 5.32 Å². The van der Waals surface area contributed by atoms with Crippen molar-refractivity contribution in [2.24, 2.45) is 5.73 Å². The highest BCUT2D eigenvalue weighted by molar-refractivity contribution is 7.80. The van der Waals surface area contributed by atoms with E-state index < -0.39 is 0 Å². The van der Waals surface area contributed by atoms with Crippen LogP contribution in [-0.2, 0) is 0 Å². The number of ketones is 1. The first kappa shape index (κ1) is 11.6. The summed E-state index contributed by atoms with van der Waals surface area (Å²) in [6, 6.07) is 8.89. The van der Waals surface area contributed by atoms with Crippen LogP contribution in [0, 0.1) is 0 Å². The summed E-state index contributed by atoms with van der Waals surface area (Å²) in [7, 11) is 0. The highest BCUT2D eigenvalue weighted by atomic mass is 32.1. The SMILES string of the molecule is NC(=S)Nc1nnc(C(=O)c2ccccc2)s1. The van der Waals surface area contributed by atoms with E-state index in [-0.39, 0.29) is 10.9 Å². The van der Waals surface area contributed by atoms with Crippen molar-refractivity contribution in [1.82, 2.24) is 10.2 Å². The summed E-state index contributed by atoms with van der Waals surface area (Å²) in [6.45, 7) is 0. The summed E-state index contributed by atoms with van der Waals surface area (Å²) in [4.78, 5) is 12.0. The smallest absolute Gasteiger partial charge is 0.223 e. The molecule has 0 atom stereocenters. The summed E-state index contributed by atoms with van der Waals surface area (Å²) >= 11 is 5.78. The first-order chi connectivity index (χ1) is 8.16. The first-order valence-electron chi connectivity index (χ1n) is 4.66. The number of hydrogen-bond acceptors (Lipinski definition) is 5. The van der Waals surface area contributed by atoms with Crippen molar-refractivity contribution in [2.45, 2.75) is 0 Å². The Bertz CT molecular complexity index is 552. The average Bonchev–Trinajstić information content (AvgIpc) is 2.77. The van der Waals surface area contributed by atoms with Gasteiger partial charge in [0, 0.05) is 5.56 Å². The molecule has 0 unspecified atom stereocenters. The lowest BCUT2D eigenvalue weighted by molar-refractivity contribution is 0.103. The van der Waals surface area contributed by atoms with E-state index >= 15 is 0 Å². The first-order valence-corrected chi connectivity index (χ1v) is 5.89. The van der Waals surface area contributed by atoms with Gasteiger partial charge in [0.2, 0.25) is 10.9 Å². The molecule has 0 aliphatic rings. The van der Waals surface area contributed by atoms with Crippen molar-refractivity contribution >= 4 is 39.6 Å². The zero-order valence-corrected chi connectivity index (χ0v) is 10.2. The molecule has 2 rings (SSSR count). The number of benzene rings is 1. The van der Waals surface area contributed by atoms with Gasteiger partial charge in [-0.05, 0) is 12.2 Å². The van der Waals surface area contributed by atoms with Gasteiger partial charge in [-0.25, -0.2) is 0 Å². The number of anilines is 1. The third-order valence-corrected chi connectivity index (χ3v) is 2.82. The fraction of sp³-hybridized carbons (Fsp3) is 0. The van der Waals surface area contributed by atoms with Gasteiger partial charge in [0.15, 0.2) is 10.1 Å². The second-order valence-corrected chi connectivity index (χ2v) is 4.51. The maximum atomic E-state index is 12.0. The number of aromatic nitrogens is 2. The molecule has 5 nitrogen and oxygen atoms in total. The molecule has 0 saturated carbocycles. The van der Waals surface area contributed by atoms with E-state index in [1.54, 1.807) is 24.3 Å². The minimum absolute atomic E-state index is 0.0971. The fourth-order valence-corrected chi connectivity index (χ4v) is 2.06. The Balaban J connectivity index is 2.21. The average molecular weight is 264 g/mol. The van der Waals surface area contributed by atoms with Gasteiger partial charge in [0.1, 0.15) is 0 Å². The van der Waals surface area contributed by atoms with Gasteiger partial charge in [0.25, 0.3) is 0 Å². The number of thiocarbonyl (C=S) groups is 1. The summed E-state index contributed by atoms with van der Waals surface area (Å²) in [5.41, 5.74) is 5.87. The van der Waals surface area contributed by atoms with Gasteiger partial charge in [-0.3, -0.25) is 4.79 Å². The quantitative estimate of drug-likeness (QED) is 0.644. The Morgan fingerprint density at radius 1 is 1.29 bits per heavy atom. The molecule has 0 bridgehead atoms. The van der Waals surface area contributed by atoms with Gasteiger partial charge < -0.3 is 11.1 Å². The molecule has 17 heavy (non-hydrogen) atoms. The van der Waals surface area contributed by atoms with Gasteiger partial charge in [-0.15, -0.1) is 10.2 Å². The number of carbonyl (C=O) groups is 1. The second kappa shape index (κ2) is 4.98. The lowest BCUT2D eigenvalue weighted by atomic mass is 10.1. The topological polar surface area (TPSA) is 80.9 Å². The Hall–Kier alpha value is -1.86. The van der Waals surface area contributed by atoms with Crippen molar-refractivity contribution in [1.29, 1.82) is 0 Å². The summed E-state index contributed by atoms with van der Waals surface area (Å²) < 4.78 is 0. The number of carbonyl (C=O) groups excluding carboxylic acids is 1. The Kier molecular flexibility index (Phi) is 3.40. The fourth-order valence-electron chi connectivity index (χ4n) is 1.18. The maximum absolute atomic E-state index is 12.0. The third-order valence-electron chi connectivity index (χ3n) is 1.89. The molecule has 0 fully saturated rings. The van der Waals surface area contributed by atoms with Crippen molar-refractivity contribution in [3.63, 3.8) is 0 Å². The van der Waals surface area contributed by atoms with E-state index in [0.29, 0.717) is 15.7 Å². The van der Waals surface area contributed by atoms with Crippen LogP contribution in [0.25, 0.3) is 0 Å². The lowest BCUT2D eigenvalue weighted by Gasteiger charge is -1.95. The minimum Gasteiger partial charge on any atom is -0.376 e. The Morgan fingerprint density at radius 3 is 2.65 bits per heavy atom. The van der Waals surface area contributed by atoms with Gasteiger partial charge in [-0.2, -0.15) is 0 Å². The largest absolute Gasteiger partial charge is 0.376 e. The highest BCUT2D eigenvalue weighted by Crippen LogP contribution is 2.18. The van der Waals surface area contributed by atoms with E-state index in [0.717, 1.165) is 11.3 Å². The van der Waals surface area contributed by atoms with Gasteiger partial charge in [-0.1, -0.05) is 41.7 Å². The van der Waals surface area contributed by atoms with E-state index in [2.05, 4.69) is 27.7 Å². The molecule has 1 heterocycles. The van der Waals surface area contributed by atoms with E-state index in [1.807, 2.05) is 6.07 Å². The van der Waals surface area contributed by atoms with Gasteiger partial charge in [0.05, 0.1) is 0 Å². The molecule has 3 N–H and O–H groups in total. The van der Waals surface area contributed by atoms with Crippen molar-refractivity contribution < 1.29 is 4.79 Å². The van der Waals surface area contributed by atoms with Crippen LogP contribution in [0.1, 0.15) is 15.4 Å². The van der Waals surface area contributed by atoms with E-state index in [1.165, 1.54) is 0 Å². The monoisotopic (exact) mass is 264 g/mol. The predicted octanol–water partition coefficient (Wildman–Crippen LogP) is 1.42. The molecule has 86 valence electrons. The molecule has 1 aromatic carbocycles. The minimum atomic E-state index is -0.168. The molecular weight excluding hydrogens is 256 g/mol. The molecule has 0 aliphatic heterocycles. The zero-order chi connectivity index (χ0) is 12.3. The van der Waals surface area contributed by atoms with Gasteiger partial charge >= 0.3 is 0 Å². The van der Waals surface area contributed by atoms with Crippen LogP contribution in [0.4, 0.5) is 5.13 Å². The van der Waals surface area contributed by atoms with Crippen molar-refractivity contribution in [3.05, 3.63) is 40.9 Å². The van der Waals surface area contributed by atoms with E-state index in [4.69, 9.17) is 5.73 Å². The summed E-state index contributed by atoms with van der Waals surface area (Å²) in [5, 5.41) is 11.0.